The molecular formula is C17H25FN2O2. The van der Waals surface area contributed by atoms with E-state index >= 15 is 0 Å². The molecule has 1 amide bonds. The van der Waals surface area contributed by atoms with E-state index in [9.17, 15) is 14.3 Å². The Morgan fingerprint density at radius 2 is 2.14 bits per heavy atom. The molecule has 122 valence electrons. The monoisotopic (exact) mass is 308 g/mol. The van der Waals surface area contributed by atoms with Gasteiger partial charge in [-0.15, -0.1) is 0 Å². The van der Waals surface area contributed by atoms with Crippen molar-refractivity contribution in [2.45, 2.75) is 51.3 Å². The molecule has 0 aliphatic carbocycles. The summed E-state index contributed by atoms with van der Waals surface area (Å²) in [7, 11) is 0. The predicted molar refractivity (Wildman–Crippen MR) is 83.8 cm³/mol. The number of nitrogens with zero attached hydrogens (tertiary/aromatic N) is 1. The van der Waals surface area contributed by atoms with Crippen LogP contribution in [0.5, 0.6) is 0 Å². The Hall–Kier alpha value is -1.46. The number of carbonyl (C=O) groups is 1. The van der Waals surface area contributed by atoms with Gasteiger partial charge in [-0.05, 0) is 43.5 Å². The highest BCUT2D eigenvalue weighted by Crippen LogP contribution is 2.21. The molecule has 22 heavy (non-hydrogen) atoms. The Morgan fingerprint density at radius 3 is 2.82 bits per heavy atom. The zero-order valence-corrected chi connectivity index (χ0v) is 13.1. The molecule has 4 nitrogen and oxygen atoms in total. The van der Waals surface area contributed by atoms with Gasteiger partial charge in [0.1, 0.15) is 5.82 Å². The maximum absolute atomic E-state index is 12.8. The van der Waals surface area contributed by atoms with Crippen molar-refractivity contribution in [3.8, 4) is 0 Å². The Kier molecular flexibility index (Phi) is 6.34. The van der Waals surface area contributed by atoms with Crippen LogP contribution in [0, 0.1) is 5.82 Å². The first kappa shape index (κ1) is 16.9. The van der Waals surface area contributed by atoms with Crippen molar-refractivity contribution >= 4 is 5.91 Å². The van der Waals surface area contributed by atoms with Crippen molar-refractivity contribution in [3.63, 3.8) is 0 Å². The molecule has 0 saturated carbocycles. The van der Waals surface area contributed by atoms with Gasteiger partial charge in [0.2, 0.25) is 5.91 Å². The summed E-state index contributed by atoms with van der Waals surface area (Å²) in [6.07, 6.45) is 2.56. The fraction of sp³-hybridized carbons (Fsp3) is 0.588. The highest BCUT2D eigenvalue weighted by atomic mass is 19.1. The van der Waals surface area contributed by atoms with E-state index in [1.54, 1.807) is 12.1 Å². The number of hydrogen-bond acceptors (Lipinski definition) is 3. The summed E-state index contributed by atoms with van der Waals surface area (Å²) in [5.74, 6) is -0.0747. The number of carbonyl (C=O) groups excluding carboxylic acids is 1. The quantitative estimate of drug-likeness (QED) is 0.723. The van der Waals surface area contributed by atoms with Crippen molar-refractivity contribution in [2.24, 2.45) is 0 Å². The second-order valence-electron chi connectivity index (χ2n) is 5.89. The number of aliphatic hydroxyl groups excluding tert-OH is 1. The van der Waals surface area contributed by atoms with Gasteiger partial charge in [-0.25, -0.2) is 4.39 Å². The average molecular weight is 308 g/mol. The molecule has 1 aliphatic rings. The minimum atomic E-state index is -0.434. The SMILES string of the molecule is CCC(O)CN1C(=O)CCC1CCNCc1ccc(F)cc1. The van der Waals surface area contributed by atoms with E-state index in [-0.39, 0.29) is 17.8 Å². The number of halogens is 1. The predicted octanol–water partition coefficient (Wildman–Crippen LogP) is 2.07. The molecule has 1 fully saturated rings. The fourth-order valence-corrected chi connectivity index (χ4v) is 2.80. The van der Waals surface area contributed by atoms with Gasteiger partial charge in [-0.2, -0.15) is 0 Å². The van der Waals surface area contributed by atoms with E-state index in [4.69, 9.17) is 0 Å². The topological polar surface area (TPSA) is 52.6 Å². The molecule has 5 heteroatoms. The van der Waals surface area contributed by atoms with Gasteiger partial charge in [-0.3, -0.25) is 4.79 Å². The lowest BCUT2D eigenvalue weighted by atomic mass is 10.1. The molecule has 1 aliphatic heterocycles. The number of nitrogens with one attached hydrogen (secondary N) is 1. The van der Waals surface area contributed by atoms with Crippen LogP contribution in [0.4, 0.5) is 4.39 Å². The molecule has 0 radical (unpaired) electrons. The van der Waals surface area contributed by atoms with E-state index in [2.05, 4.69) is 5.32 Å². The Labute approximate surface area is 131 Å². The lowest BCUT2D eigenvalue weighted by molar-refractivity contribution is -0.130. The number of likely N-dealkylation sites (tertiary alicyclic amines) is 1. The molecule has 0 bridgehead atoms. The lowest BCUT2D eigenvalue weighted by Gasteiger charge is -2.27. The maximum atomic E-state index is 12.8. The normalized spacial score (nSPS) is 19.7. The molecular weight excluding hydrogens is 283 g/mol. The van der Waals surface area contributed by atoms with E-state index in [1.807, 2.05) is 11.8 Å². The van der Waals surface area contributed by atoms with Crippen LogP contribution in [-0.4, -0.2) is 41.1 Å². The first-order valence-corrected chi connectivity index (χ1v) is 8.03. The van der Waals surface area contributed by atoms with Crippen LogP contribution < -0.4 is 5.32 Å². The third-order valence-corrected chi connectivity index (χ3v) is 4.23. The number of β-amino-alcohol motifs (C(OH)–C–C–N with tert-alkyl or cyclic N) is 1. The van der Waals surface area contributed by atoms with Crippen LogP contribution >= 0.6 is 0 Å². The van der Waals surface area contributed by atoms with Crippen LogP contribution in [0.1, 0.15) is 38.2 Å². The molecule has 1 heterocycles. The Morgan fingerprint density at radius 1 is 1.41 bits per heavy atom. The van der Waals surface area contributed by atoms with Crippen LogP contribution in [0.2, 0.25) is 0 Å². The van der Waals surface area contributed by atoms with E-state index < -0.39 is 6.10 Å². The van der Waals surface area contributed by atoms with Gasteiger partial charge in [0.05, 0.1) is 6.10 Å². The first-order valence-electron chi connectivity index (χ1n) is 8.03. The molecule has 2 unspecified atom stereocenters. The number of rotatable bonds is 8. The molecule has 1 saturated heterocycles. The van der Waals surface area contributed by atoms with E-state index in [0.29, 0.717) is 25.9 Å². The summed E-state index contributed by atoms with van der Waals surface area (Å²) in [5, 5.41) is 13.1. The Bertz CT molecular complexity index is 478. The fourth-order valence-electron chi connectivity index (χ4n) is 2.80. The Balaban J connectivity index is 1.73. The zero-order chi connectivity index (χ0) is 15.9. The second-order valence-corrected chi connectivity index (χ2v) is 5.89. The summed E-state index contributed by atoms with van der Waals surface area (Å²) >= 11 is 0. The summed E-state index contributed by atoms with van der Waals surface area (Å²) in [6, 6.07) is 6.67. The first-order chi connectivity index (χ1) is 10.6. The van der Waals surface area contributed by atoms with Crippen molar-refractivity contribution < 1.29 is 14.3 Å². The van der Waals surface area contributed by atoms with Gasteiger partial charge in [0.25, 0.3) is 0 Å². The van der Waals surface area contributed by atoms with Crippen LogP contribution in [0.3, 0.4) is 0 Å². The van der Waals surface area contributed by atoms with E-state index in [1.165, 1.54) is 12.1 Å². The number of hydrogen-bond donors (Lipinski definition) is 2. The average Bonchev–Trinajstić information content (AvgIpc) is 2.86. The number of benzene rings is 1. The molecule has 0 aromatic heterocycles. The van der Waals surface area contributed by atoms with Gasteiger partial charge in [0.15, 0.2) is 0 Å². The largest absolute Gasteiger partial charge is 0.391 e. The smallest absolute Gasteiger partial charge is 0.222 e. The molecule has 1 aromatic rings. The lowest BCUT2D eigenvalue weighted by Crippen LogP contribution is -2.40. The zero-order valence-electron chi connectivity index (χ0n) is 13.1. The van der Waals surface area contributed by atoms with Gasteiger partial charge in [0, 0.05) is 25.6 Å². The molecule has 2 rings (SSSR count). The van der Waals surface area contributed by atoms with Gasteiger partial charge >= 0.3 is 0 Å². The van der Waals surface area contributed by atoms with Crippen molar-refractivity contribution in [3.05, 3.63) is 35.6 Å². The minimum absolute atomic E-state index is 0.149. The molecule has 2 N–H and O–H groups in total. The third kappa shape index (κ3) is 4.78. The van der Waals surface area contributed by atoms with E-state index in [0.717, 1.165) is 24.9 Å². The maximum Gasteiger partial charge on any atom is 0.222 e. The summed E-state index contributed by atoms with van der Waals surface area (Å²) in [5.41, 5.74) is 1.04. The number of amides is 1. The van der Waals surface area contributed by atoms with Gasteiger partial charge < -0.3 is 15.3 Å². The highest BCUT2D eigenvalue weighted by Gasteiger charge is 2.31. The second kappa shape index (κ2) is 8.25. The van der Waals surface area contributed by atoms with Crippen LogP contribution in [0.25, 0.3) is 0 Å². The number of aliphatic hydroxyl groups is 1. The van der Waals surface area contributed by atoms with Crippen molar-refractivity contribution in [2.75, 3.05) is 13.1 Å². The molecule has 1 aromatic carbocycles. The standard InChI is InChI=1S/C17H25FN2O2/c1-2-16(21)12-20-15(7-8-17(20)22)9-10-19-11-13-3-5-14(18)6-4-13/h3-6,15-16,19,21H,2,7-12H2,1H3. The third-order valence-electron chi connectivity index (χ3n) is 4.23. The van der Waals surface area contributed by atoms with Gasteiger partial charge in [-0.1, -0.05) is 19.1 Å². The highest BCUT2D eigenvalue weighted by molar-refractivity contribution is 5.78. The summed E-state index contributed by atoms with van der Waals surface area (Å²) in [4.78, 5) is 13.7. The minimum Gasteiger partial charge on any atom is -0.391 e. The summed E-state index contributed by atoms with van der Waals surface area (Å²) in [6.45, 7) is 3.86. The van der Waals surface area contributed by atoms with Crippen molar-refractivity contribution in [1.82, 2.24) is 10.2 Å². The summed E-state index contributed by atoms with van der Waals surface area (Å²) < 4.78 is 12.8. The molecule has 0 spiro atoms. The molecule has 2 atom stereocenters. The van der Waals surface area contributed by atoms with Crippen LogP contribution in [0.15, 0.2) is 24.3 Å². The van der Waals surface area contributed by atoms with Crippen molar-refractivity contribution in [1.29, 1.82) is 0 Å². The van der Waals surface area contributed by atoms with Crippen LogP contribution in [-0.2, 0) is 11.3 Å².